The van der Waals surface area contributed by atoms with Crippen molar-refractivity contribution in [1.82, 2.24) is 0 Å². The minimum Gasteiger partial charge on any atom is -0.537 e. The van der Waals surface area contributed by atoms with Gasteiger partial charge in [0, 0.05) is 0 Å². The Balaban J connectivity index is 2.67. The molecular weight excluding hydrogens is 183 g/mol. The first-order valence-electron chi connectivity index (χ1n) is 4.17. The summed E-state index contributed by atoms with van der Waals surface area (Å²) in [6.07, 6.45) is 0. The normalized spacial score (nSPS) is 9.29. The van der Waals surface area contributed by atoms with Crippen molar-refractivity contribution >= 4 is 13.7 Å². The maximum absolute atomic E-state index is 11.2. The molecule has 0 fully saturated rings. The molecule has 1 rings (SSSR count). The lowest BCUT2D eigenvalue weighted by atomic mass is 10.2. The molecule has 0 spiro atoms. The summed E-state index contributed by atoms with van der Waals surface area (Å²) in [5.41, 5.74) is 0.456. The molecule has 73 valence electrons. The van der Waals surface area contributed by atoms with Crippen molar-refractivity contribution in [2.75, 3.05) is 6.61 Å². The molecule has 0 bridgehead atoms. The van der Waals surface area contributed by atoms with Gasteiger partial charge < -0.3 is 14.4 Å². The molecule has 0 aliphatic heterocycles. The minimum atomic E-state index is -0.368. The van der Waals surface area contributed by atoms with Crippen molar-refractivity contribution in [3.05, 3.63) is 29.8 Å². The van der Waals surface area contributed by atoms with Crippen molar-refractivity contribution in [2.45, 2.75) is 6.92 Å². The summed E-state index contributed by atoms with van der Waals surface area (Å²) in [5.74, 6) is 0.0903. The first-order chi connectivity index (χ1) is 6.77. The molecule has 0 saturated carbocycles. The van der Waals surface area contributed by atoms with Crippen molar-refractivity contribution in [2.24, 2.45) is 0 Å². The largest absolute Gasteiger partial charge is 0.569 e. The van der Waals surface area contributed by atoms with Crippen molar-refractivity contribution in [3.63, 3.8) is 0 Å². The SMILES string of the molecule is CCOC(=O)c1ccc(O[B]O)cc1. The summed E-state index contributed by atoms with van der Waals surface area (Å²) in [5, 5.41) is 8.34. The number of carbonyl (C=O) groups excluding carboxylic acids is 1. The lowest BCUT2D eigenvalue weighted by molar-refractivity contribution is 0.0526. The van der Waals surface area contributed by atoms with Crippen LogP contribution in [-0.2, 0) is 4.74 Å². The molecule has 0 saturated heterocycles. The standard InChI is InChI=1S/C9H10BO4/c1-2-13-9(11)7-3-5-8(6-4-7)14-10-12/h3-6,12H,2H2,1H3. The fourth-order valence-corrected chi connectivity index (χ4v) is 0.945. The smallest absolute Gasteiger partial charge is 0.537 e. The molecular formula is C9H10BO4. The Morgan fingerprint density at radius 2 is 2.07 bits per heavy atom. The number of hydrogen-bond donors (Lipinski definition) is 1. The van der Waals surface area contributed by atoms with Crippen LogP contribution in [0.2, 0.25) is 0 Å². The summed E-state index contributed by atoms with van der Waals surface area (Å²) in [4.78, 5) is 11.2. The molecule has 0 unspecified atom stereocenters. The van der Waals surface area contributed by atoms with Crippen molar-refractivity contribution in [1.29, 1.82) is 0 Å². The molecule has 1 radical (unpaired) electrons. The molecule has 0 heterocycles. The van der Waals surface area contributed by atoms with Gasteiger partial charge in [-0.25, -0.2) is 4.79 Å². The third-order valence-electron chi connectivity index (χ3n) is 1.55. The molecule has 4 nitrogen and oxygen atoms in total. The monoisotopic (exact) mass is 193 g/mol. The van der Waals surface area contributed by atoms with Crippen LogP contribution in [0.3, 0.4) is 0 Å². The predicted octanol–water partition coefficient (Wildman–Crippen LogP) is 0.769. The highest BCUT2D eigenvalue weighted by atomic mass is 16.5. The Kier molecular flexibility index (Phi) is 4.00. The first kappa shape index (κ1) is 10.6. The fourth-order valence-electron chi connectivity index (χ4n) is 0.945. The third kappa shape index (κ3) is 2.78. The van der Waals surface area contributed by atoms with Crippen LogP contribution in [0.1, 0.15) is 17.3 Å². The van der Waals surface area contributed by atoms with E-state index < -0.39 is 0 Å². The van der Waals surface area contributed by atoms with Crippen LogP contribution in [0, 0.1) is 0 Å². The van der Waals surface area contributed by atoms with Gasteiger partial charge in [0.2, 0.25) is 0 Å². The van der Waals surface area contributed by atoms with E-state index >= 15 is 0 Å². The van der Waals surface area contributed by atoms with Crippen molar-refractivity contribution in [3.8, 4) is 5.75 Å². The molecule has 1 aromatic rings. The number of ether oxygens (including phenoxy) is 1. The summed E-state index contributed by atoms with van der Waals surface area (Å²) in [7, 11) is 0.583. The highest BCUT2D eigenvalue weighted by Crippen LogP contribution is 2.12. The van der Waals surface area contributed by atoms with Crippen LogP contribution < -0.4 is 4.65 Å². The van der Waals surface area contributed by atoms with Crippen LogP contribution >= 0.6 is 0 Å². The zero-order chi connectivity index (χ0) is 10.4. The second-order valence-electron chi connectivity index (χ2n) is 2.47. The number of hydrogen-bond acceptors (Lipinski definition) is 4. The van der Waals surface area contributed by atoms with E-state index in [9.17, 15) is 4.79 Å². The van der Waals surface area contributed by atoms with Gasteiger partial charge in [-0.05, 0) is 31.2 Å². The average molecular weight is 193 g/mol. The zero-order valence-electron chi connectivity index (χ0n) is 7.77. The molecule has 0 aliphatic carbocycles. The summed E-state index contributed by atoms with van der Waals surface area (Å²) in [6, 6.07) is 6.27. The first-order valence-corrected chi connectivity index (χ1v) is 4.17. The number of rotatable bonds is 4. The lowest BCUT2D eigenvalue weighted by Gasteiger charge is -2.03. The second-order valence-corrected chi connectivity index (χ2v) is 2.47. The molecule has 1 N–H and O–H groups in total. The van der Waals surface area contributed by atoms with Gasteiger partial charge in [0.15, 0.2) is 0 Å². The van der Waals surface area contributed by atoms with E-state index in [-0.39, 0.29) is 5.97 Å². The van der Waals surface area contributed by atoms with Gasteiger partial charge in [0.05, 0.1) is 12.2 Å². The Morgan fingerprint density at radius 3 is 2.57 bits per heavy atom. The molecule has 14 heavy (non-hydrogen) atoms. The van der Waals surface area contributed by atoms with Gasteiger partial charge in [-0.15, -0.1) is 0 Å². The van der Waals surface area contributed by atoms with Gasteiger partial charge in [-0.3, -0.25) is 0 Å². The Labute approximate surface area is 82.8 Å². The molecule has 0 aromatic heterocycles. The summed E-state index contributed by atoms with van der Waals surface area (Å²) >= 11 is 0. The topological polar surface area (TPSA) is 55.8 Å². The third-order valence-corrected chi connectivity index (χ3v) is 1.55. The van der Waals surface area contributed by atoms with E-state index in [1.54, 1.807) is 31.2 Å². The van der Waals surface area contributed by atoms with Gasteiger partial charge >= 0.3 is 13.7 Å². The van der Waals surface area contributed by atoms with Crippen LogP contribution in [0.4, 0.5) is 0 Å². The second kappa shape index (κ2) is 5.29. The molecule has 0 aliphatic rings. The Hall–Kier alpha value is -1.49. The minimum absolute atomic E-state index is 0.349. The quantitative estimate of drug-likeness (QED) is 0.566. The van der Waals surface area contributed by atoms with Crippen LogP contribution in [0.15, 0.2) is 24.3 Å². The van der Waals surface area contributed by atoms with Gasteiger partial charge in [-0.2, -0.15) is 0 Å². The average Bonchev–Trinajstić information content (AvgIpc) is 2.20. The Bertz CT molecular complexity index is 296. The van der Waals surface area contributed by atoms with Gasteiger partial charge in [0.1, 0.15) is 5.75 Å². The predicted molar refractivity (Wildman–Crippen MR) is 51.0 cm³/mol. The van der Waals surface area contributed by atoms with Gasteiger partial charge in [0.25, 0.3) is 0 Å². The lowest BCUT2D eigenvalue weighted by Crippen LogP contribution is -2.05. The van der Waals surface area contributed by atoms with E-state index in [1.165, 1.54) is 0 Å². The summed E-state index contributed by atoms with van der Waals surface area (Å²) in [6.45, 7) is 2.09. The van der Waals surface area contributed by atoms with E-state index in [0.717, 1.165) is 0 Å². The Morgan fingerprint density at radius 1 is 1.43 bits per heavy atom. The van der Waals surface area contributed by atoms with Crippen molar-refractivity contribution < 1.29 is 19.2 Å². The van der Waals surface area contributed by atoms with E-state index in [2.05, 4.69) is 4.65 Å². The van der Waals surface area contributed by atoms with E-state index in [1.807, 2.05) is 0 Å². The highest BCUT2D eigenvalue weighted by Gasteiger charge is 2.05. The van der Waals surface area contributed by atoms with Crippen LogP contribution in [0.5, 0.6) is 5.75 Å². The molecule has 0 atom stereocenters. The van der Waals surface area contributed by atoms with Crippen LogP contribution in [0.25, 0.3) is 0 Å². The fraction of sp³-hybridized carbons (Fsp3) is 0.222. The zero-order valence-corrected chi connectivity index (χ0v) is 7.77. The number of carbonyl (C=O) groups is 1. The molecule has 5 heteroatoms. The maximum Gasteiger partial charge on any atom is 0.569 e. The number of esters is 1. The number of benzene rings is 1. The maximum atomic E-state index is 11.2. The van der Waals surface area contributed by atoms with E-state index in [0.29, 0.717) is 25.6 Å². The summed E-state index contributed by atoms with van der Waals surface area (Å²) < 4.78 is 9.47. The van der Waals surface area contributed by atoms with E-state index in [4.69, 9.17) is 9.76 Å². The molecule has 0 amide bonds. The van der Waals surface area contributed by atoms with Gasteiger partial charge in [-0.1, -0.05) is 0 Å². The highest BCUT2D eigenvalue weighted by molar-refractivity contribution is 6.17. The van der Waals surface area contributed by atoms with Crippen LogP contribution in [-0.4, -0.2) is 25.3 Å². The molecule has 1 aromatic carbocycles.